The Labute approximate surface area is 228 Å². The molecule has 1 fully saturated rings. The molecule has 11 heteroatoms. The number of aryl methyl sites for hydroxylation is 1. The number of piperazine rings is 1. The van der Waals surface area contributed by atoms with E-state index in [9.17, 15) is 4.79 Å². The molecule has 0 unspecified atom stereocenters. The normalized spacial score (nSPS) is 16.3. The molecule has 3 aromatic rings. The molecule has 1 saturated heterocycles. The van der Waals surface area contributed by atoms with E-state index < -0.39 is 0 Å². The molecule has 1 atom stereocenters. The lowest BCUT2D eigenvalue weighted by molar-refractivity contribution is -0.130. The molecule has 0 aliphatic carbocycles. The van der Waals surface area contributed by atoms with Crippen molar-refractivity contribution in [3.63, 3.8) is 0 Å². The Morgan fingerprint density at radius 2 is 2.05 bits per heavy atom. The molecule has 1 aliphatic heterocycles. The predicted molar refractivity (Wildman–Crippen MR) is 145 cm³/mol. The summed E-state index contributed by atoms with van der Waals surface area (Å²) in [5.41, 5.74) is 2.77. The number of aromatic nitrogens is 5. The number of carbonyl (C=O) groups excluding carboxylic acids is 1. The summed E-state index contributed by atoms with van der Waals surface area (Å²) in [6.45, 7) is 10.9. The largest absolute Gasteiger partial charge is 0.490 e. The predicted octanol–water partition coefficient (Wildman–Crippen LogP) is 3.24. The van der Waals surface area contributed by atoms with Gasteiger partial charge in [-0.25, -0.2) is 0 Å². The maximum absolute atomic E-state index is 13.1. The number of pyridine rings is 1. The van der Waals surface area contributed by atoms with Crippen molar-refractivity contribution in [1.29, 1.82) is 0 Å². The van der Waals surface area contributed by atoms with E-state index in [0.717, 1.165) is 42.2 Å². The van der Waals surface area contributed by atoms with Crippen LogP contribution in [0.5, 0.6) is 5.75 Å². The SMILES string of the molecule is CCOCCOc1ccc(CN2CCN(C(=O)/C=C/c3ccc(Cl)cc3Cn3nnc(C)n3)[C@H](C)C2)nc1. The quantitative estimate of drug-likeness (QED) is 0.270. The highest BCUT2D eigenvalue weighted by Crippen LogP contribution is 2.20. The van der Waals surface area contributed by atoms with Crippen molar-refractivity contribution >= 4 is 23.6 Å². The van der Waals surface area contributed by atoms with Crippen molar-refractivity contribution in [2.75, 3.05) is 39.5 Å². The Balaban J connectivity index is 1.30. The molecule has 0 bridgehead atoms. The first-order valence-corrected chi connectivity index (χ1v) is 13.2. The summed E-state index contributed by atoms with van der Waals surface area (Å²) in [6, 6.07) is 9.57. The maximum Gasteiger partial charge on any atom is 0.246 e. The zero-order valence-electron chi connectivity index (χ0n) is 22.1. The highest BCUT2D eigenvalue weighted by Gasteiger charge is 2.26. The molecule has 0 radical (unpaired) electrons. The van der Waals surface area contributed by atoms with Gasteiger partial charge in [-0.05, 0) is 67.5 Å². The lowest BCUT2D eigenvalue weighted by Gasteiger charge is -2.39. The lowest BCUT2D eigenvalue weighted by atomic mass is 10.1. The van der Waals surface area contributed by atoms with Gasteiger partial charge in [0.05, 0.1) is 25.0 Å². The van der Waals surface area contributed by atoms with Crippen LogP contribution in [0.4, 0.5) is 0 Å². The maximum atomic E-state index is 13.1. The molecule has 202 valence electrons. The topological polar surface area (TPSA) is 98.5 Å². The highest BCUT2D eigenvalue weighted by molar-refractivity contribution is 6.30. The fourth-order valence-electron chi connectivity index (χ4n) is 4.36. The summed E-state index contributed by atoms with van der Waals surface area (Å²) in [5, 5.41) is 12.8. The standard InChI is InChI=1S/C27H34ClN7O3/c1-4-37-13-14-38-26-9-8-25(29-16-26)19-33-11-12-34(20(2)17-33)27(36)10-6-22-5-7-24(28)15-23(22)18-35-31-21(3)30-32-35/h5-10,15-16,20H,4,11-14,17-19H2,1-3H3/b10-6+/t20-/m1/s1. The van der Waals surface area contributed by atoms with Crippen LogP contribution in [0, 0.1) is 6.92 Å². The van der Waals surface area contributed by atoms with Gasteiger partial charge in [-0.2, -0.15) is 4.80 Å². The summed E-state index contributed by atoms with van der Waals surface area (Å²) >= 11 is 6.22. The van der Waals surface area contributed by atoms with Gasteiger partial charge in [-0.1, -0.05) is 17.7 Å². The third-order valence-corrected chi connectivity index (χ3v) is 6.49. The van der Waals surface area contributed by atoms with Gasteiger partial charge in [0.25, 0.3) is 0 Å². The van der Waals surface area contributed by atoms with E-state index in [4.69, 9.17) is 21.1 Å². The van der Waals surface area contributed by atoms with Crippen molar-refractivity contribution < 1.29 is 14.3 Å². The summed E-state index contributed by atoms with van der Waals surface area (Å²) in [5.74, 6) is 1.32. The van der Waals surface area contributed by atoms with Crippen molar-refractivity contribution in [3.05, 3.63) is 70.3 Å². The first kappa shape index (κ1) is 27.7. The van der Waals surface area contributed by atoms with Gasteiger partial charge in [-0.3, -0.25) is 14.7 Å². The Morgan fingerprint density at radius 1 is 1.18 bits per heavy atom. The van der Waals surface area contributed by atoms with E-state index in [2.05, 4.69) is 32.2 Å². The Bertz CT molecular complexity index is 1230. The van der Waals surface area contributed by atoms with Gasteiger partial charge in [0.1, 0.15) is 12.4 Å². The molecule has 3 heterocycles. The molecule has 0 saturated carbocycles. The molecule has 1 aliphatic rings. The Kier molecular flexibility index (Phi) is 9.80. The fraction of sp³-hybridized carbons (Fsp3) is 0.444. The molecular weight excluding hydrogens is 506 g/mol. The van der Waals surface area contributed by atoms with Crippen LogP contribution in [-0.4, -0.2) is 86.4 Å². The number of halogens is 1. The molecular formula is C27H34ClN7O3. The minimum atomic E-state index is -0.0144. The van der Waals surface area contributed by atoms with Crippen LogP contribution in [0.1, 0.15) is 36.5 Å². The van der Waals surface area contributed by atoms with Crippen LogP contribution < -0.4 is 4.74 Å². The van der Waals surface area contributed by atoms with E-state index in [1.807, 2.05) is 48.2 Å². The smallest absolute Gasteiger partial charge is 0.246 e. The van der Waals surface area contributed by atoms with Gasteiger partial charge in [0, 0.05) is 49.9 Å². The van der Waals surface area contributed by atoms with Crippen LogP contribution in [0.3, 0.4) is 0 Å². The first-order valence-electron chi connectivity index (χ1n) is 12.8. The van der Waals surface area contributed by atoms with Gasteiger partial charge in [-0.15, -0.1) is 10.2 Å². The van der Waals surface area contributed by atoms with Crippen molar-refractivity contribution in [3.8, 4) is 5.75 Å². The minimum absolute atomic E-state index is 0.0144. The number of amides is 1. The summed E-state index contributed by atoms with van der Waals surface area (Å²) < 4.78 is 10.9. The molecule has 2 aromatic heterocycles. The molecule has 0 spiro atoms. The number of hydrogen-bond acceptors (Lipinski definition) is 8. The summed E-state index contributed by atoms with van der Waals surface area (Å²) in [6.07, 6.45) is 5.21. The number of benzene rings is 1. The number of hydrogen-bond donors (Lipinski definition) is 0. The van der Waals surface area contributed by atoms with Gasteiger partial charge >= 0.3 is 0 Å². The van der Waals surface area contributed by atoms with Crippen LogP contribution in [0.2, 0.25) is 5.02 Å². The number of tetrazole rings is 1. The lowest BCUT2D eigenvalue weighted by Crippen LogP contribution is -2.53. The van der Waals surface area contributed by atoms with Crippen LogP contribution in [0.15, 0.2) is 42.6 Å². The first-order chi connectivity index (χ1) is 18.4. The summed E-state index contributed by atoms with van der Waals surface area (Å²) in [4.78, 5) is 23.4. The van der Waals surface area contributed by atoms with Crippen molar-refractivity contribution in [2.24, 2.45) is 0 Å². The van der Waals surface area contributed by atoms with Crippen molar-refractivity contribution in [1.82, 2.24) is 35.0 Å². The number of nitrogens with zero attached hydrogens (tertiary/aromatic N) is 7. The molecule has 0 N–H and O–H groups in total. The zero-order valence-corrected chi connectivity index (χ0v) is 22.8. The monoisotopic (exact) mass is 539 g/mol. The second-order valence-electron chi connectivity index (χ2n) is 9.19. The summed E-state index contributed by atoms with van der Waals surface area (Å²) in [7, 11) is 0. The Morgan fingerprint density at radius 3 is 2.76 bits per heavy atom. The average Bonchev–Trinajstić information content (AvgIpc) is 3.31. The third kappa shape index (κ3) is 7.83. The number of carbonyl (C=O) groups is 1. The van der Waals surface area contributed by atoms with E-state index in [1.54, 1.807) is 19.2 Å². The van der Waals surface area contributed by atoms with E-state index in [-0.39, 0.29) is 11.9 Å². The molecule has 38 heavy (non-hydrogen) atoms. The highest BCUT2D eigenvalue weighted by atomic mass is 35.5. The number of ether oxygens (including phenoxy) is 2. The third-order valence-electron chi connectivity index (χ3n) is 6.25. The van der Waals surface area contributed by atoms with E-state index in [0.29, 0.717) is 43.8 Å². The van der Waals surface area contributed by atoms with Gasteiger partial charge < -0.3 is 14.4 Å². The van der Waals surface area contributed by atoms with Crippen LogP contribution in [-0.2, 0) is 22.6 Å². The molecule has 10 nitrogen and oxygen atoms in total. The van der Waals surface area contributed by atoms with Gasteiger partial charge in [0.15, 0.2) is 5.82 Å². The Hall–Kier alpha value is -3.34. The van der Waals surface area contributed by atoms with E-state index >= 15 is 0 Å². The molecule has 1 aromatic carbocycles. The van der Waals surface area contributed by atoms with E-state index in [1.165, 1.54) is 4.80 Å². The second-order valence-corrected chi connectivity index (χ2v) is 9.63. The average molecular weight is 540 g/mol. The molecule has 4 rings (SSSR count). The van der Waals surface area contributed by atoms with Crippen molar-refractivity contribution in [2.45, 2.75) is 39.9 Å². The number of rotatable bonds is 11. The zero-order chi connectivity index (χ0) is 26.9. The van der Waals surface area contributed by atoms with Crippen LogP contribution in [0.25, 0.3) is 6.08 Å². The van der Waals surface area contributed by atoms with Gasteiger partial charge in [0.2, 0.25) is 5.91 Å². The fourth-order valence-corrected chi connectivity index (χ4v) is 4.55. The minimum Gasteiger partial charge on any atom is -0.490 e. The van der Waals surface area contributed by atoms with Crippen LogP contribution >= 0.6 is 11.6 Å². The molecule has 1 amide bonds. The second kappa shape index (κ2) is 13.5.